The lowest BCUT2D eigenvalue weighted by Crippen LogP contribution is -2.47. The molecule has 2 aliphatic heterocycles. The van der Waals surface area contributed by atoms with Crippen LogP contribution in [0.25, 0.3) is 32.9 Å². The van der Waals surface area contributed by atoms with Crippen molar-refractivity contribution < 1.29 is 23.4 Å². The number of anilines is 1. The predicted molar refractivity (Wildman–Crippen MR) is 165 cm³/mol. The number of amides is 1. The Balaban J connectivity index is 1.51. The Morgan fingerprint density at radius 1 is 1.16 bits per heavy atom. The predicted octanol–water partition coefficient (Wildman–Crippen LogP) is 4.73. The van der Waals surface area contributed by atoms with Gasteiger partial charge in [-0.15, -0.1) is 6.42 Å². The Kier molecular flexibility index (Phi) is 7.95. The Labute approximate surface area is 254 Å². The molecule has 0 aliphatic carbocycles. The Bertz CT molecular complexity index is 1790. The molecule has 9 nitrogen and oxygen atoms in total. The number of ether oxygens (including phenoxy) is 1. The highest BCUT2D eigenvalue weighted by Crippen LogP contribution is 2.39. The van der Waals surface area contributed by atoms with Crippen molar-refractivity contribution in [2.24, 2.45) is 0 Å². The molecule has 1 amide bonds. The smallest absolute Gasteiger partial charge is 0.319 e. The molecule has 0 spiro atoms. The summed E-state index contributed by atoms with van der Waals surface area (Å²) in [6, 6.07) is 5.49. The minimum absolute atomic E-state index is 0.0210. The Hall–Kier alpha value is -4.56. The number of pyridine rings is 1. The van der Waals surface area contributed by atoms with Crippen LogP contribution in [0.3, 0.4) is 0 Å². The molecule has 1 N–H and O–H groups in total. The maximum Gasteiger partial charge on any atom is 0.319 e. The lowest BCUT2D eigenvalue weighted by molar-refractivity contribution is -0.118. The zero-order chi connectivity index (χ0) is 31.0. The number of fused-ring (bicyclic) bond motifs is 2. The van der Waals surface area contributed by atoms with Gasteiger partial charge < -0.3 is 19.6 Å². The average molecular weight is 601 g/mol. The molecular formula is C33H34F2N6O3. The van der Waals surface area contributed by atoms with Gasteiger partial charge >= 0.3 is 6.01 Å². The molecule has 11 heteroatoms. The normalized spacial score (nSPS) is 19.1. The van der Waals surface area contributed by atoms with Crippen molar-refractivity contribution in [1.82, 2.24) is 24.8 Å². The number of likely N-dealkylation sites (tertiary alicyclic amines) is 1. The van der Waals surface area contributed by atoms with E-state index in [1.54, 1.807) is 4.90 Å². The van der Waals surface area contributed by atoms with Crippen LogP contribution in [0.15, 0.2) is 30.5 Å². The van der Waals surface area contributed by atoms with E-state index in [0.29, 0.717) is 49.4 Å². The van der Waals surface area contributed by atoms with Gasteiger partial charge in [0.2, 0.25) is 6.41 Å². The maximum atomic E-state index is 16.7. The second-order valence-corrected chi connectivity index (χ2v) is 11.6. The van der Waals surface area contributed by atoms with Crippen molar-refractivity contribution in [1.29, 1.82) is 0 Å². The van der Waals surface area contributed by atoms with Gasteiger partial charge in [-0.1, -0.05) is 25.3 Å². The Morgan fingerprint density at radius 2 is 1.95 bits per heavy atom. The molecule has 0 bridgehead atoms. The summed E-state index contributed by atoms with van der Waals surface area (Å²) in [5.74, 6) is 1.26. The summed E-state index contributed by atoms with van der Waals surface area (Å²) < 4.78 is 37.7. The van der Waals surface area contributed by atoms with Gasteiger partial charge in [-0.2, -0.15) is 9.97 Å². The van der Waals surface area contributed by atoms with Gasteiger partial charge in [0, 0.05) is 43.3 Å². The van der Waals surface area contributed by atoms with E-state index in [1.807, 2.05) is 4.90 Å². The summed E-state index contributed by atoms with van der Waals surface area (Å²) in [4.78, 5) is 31.0. The Morgan fingerprint density at radius 3 is 2.64 bits per heavy atom. The van der Waals surface area contributed by atoms with Crippen molar-refractivity contribution in [3.05, 3.63) is 47.7 Å². The highest BCUT2D eigenvalue weighted by Gasteiger charge is 2.39. The second-order valence-electron chi connectivity index (χ2n) is 11.6. The number of terminal acetylenes is 1. The van der Waals surface area contributed by atoms with E-state index >= 15 is 4.39 Å². The summed E-state index contributed by atoms with van der Waals surface area (Å²) in [6.07, 6.45) is 11.9. The first-order valence-corrected chi connectivity index (χ1v) is 14.9. The quantitative estimate of drug-likeness (QED) is 0.229. The number of phenolic OH excluding ortho intramolecular Hbond substituents is 1. The van der Waals surface area contributed by atoms with Crippen molar-refractivity contribution >= 4 is 33.9 Å². The van der Waals surface area contributed by atoms with E-state index in [9.17, 15) is 14.3 Å². The largest absolute Gasteiger partial charge is 0.508 e. The van der Waals surface area contributed by atoms with Crippen molar-refractivity contribution in [3.63, 3.8) is 0 Å². The minimum atomic E-state index is -0.775. The number of carbonyl (C=O) groups excluding carboxylic acids is 1. The summed E-state index contributed by atoms with van der Waals surface area (Å²) in [7, 11) is 2.09. The minimum Gasteiger partial charge on any atom is -0.508 e. The molecule has 2 fully saturated rings. The number of halogens is 2. The van der Waals surface area contributed by atoms with E-state index in [4.69, 9.17) is 16.1 Å². The number of nitrogens with zero attached hydrogens (tertiary/aromatic N) is 6. The van der Waals surface area contributed by atoms with Crippen LogP contribution in [0.5, 0.6) is 11.8 Å². The summed E-state index contributed by atoms with van der Waals surface area (Å²) in [5.41, 5.74) is -0.238. The summed E-state index contributed by atoms with van der Waals surface area (Å²) >= 11 is 0. The third-order valence-corrected chi connectivity index (χ3v) is 8.99. The summed E-state index contributed by atoms with van der Waals surface area (Å²) in [5, 5.41) is 11.6. The van der Waals surface area contributed by atoms with E-state index in [2.05, 4.69) is 34.8 Å². The highest BCUT2D eigenvalue weighted by molar-refractivity contribution is 6.03. The van der Waals surface area contributed by atoms with Gasteiger partial charge in [-0.05, 0) is 56.4 Å². The maximum absolute atomic E-state index is 16.7. The number of piperazine rings is 1. The van der Waals surface area contributed by atoms with Gasteiger partial charge in [0.05, 0.1) is 16.5 Å². The first kappa shape index (κ1) is 29.5. The molecule has 1 unspecified atom stereocenters. The van der Waals surface area contributed by atoms with Crippen LogP contribution in [0.4, 0.5) is 14.6 Å². The van der Waals surface area contributed by atoms with Crippen LogP contribution in [0, 0.1) is 24.0 Å². The number of phenols is 1. The topological polar surface area (TPSA) is 94.9 Å². The van der Waals surface area contributed by atoms with Crippen LogP contribution in [-0.2, 0) is 4.79 Å². The average Bonchev–Trinajstić information content (AvgIpc) is 3.39. The van der Waals surface area contributed by atoms with Crippen LogP contribution < -0.4 is 9.64 Å². The van der Waals surface area contributed by atoms with E-state index in [0.717, 1.165) is 38.6 Å². The standard InChI is InChI=1S/C33H34F2N6O3/c1-4-9-33(10-6-11-39(33)3)19-44-32-37-30-25(31(38-32)41-14-12-40(20-42)13-15-41)18-36-29(28(30)35)24-17-22(43)16-21-7-8-26(34)23(5-2)27(21)24/h2,7-8,16-18,20,43H,4,6,9-15,19H2,1,3H3. The molecule has 2 aromatic heterocycles. The number of rotatable bonds is 8. The van der Waals surface area contributed by atoms with E-state index in [-0.39, 0.29) is 45.0 Å². The number of carbonyl (C=O) groups is 1. The number of benzene rings is 2. The van der Waals surface area contributed by atoms with Gasteiger partial charge in [-0.25, -0.2) is 8.78 Å². The van der Waals surface area contributed by atoms with Crippen LogP contribution in [0.1, 0.15) is 38.2 Å². The van der Waals surface area contributed by atoms with E-state index < -0.39 is 11.6 Å². The zero-order valence-corrected chi connectivity index (χ0v) is 24.8. The SMILES string of the molecule is C#Cc1c(F)ccc2cc(O)cc(-c3ncc4c(N5CCN(C=O)CC5)nc(OCC5(CCC)CCCN5C)nc4c3F)c12. The molecule has 1 atom stereocenters. The van der Waals surface area contributed by atoms with Crippen molar-refractivity contribution in [2.75, 3.05) is 51.3 Å². The molecule has 44 heavy (non-hydrogen) atoms. The monoisotopic (exact) mass is 600 g/mol. The molecule has 0 radical (unpaired) electrons. The number of hydrogen-bond donors (Lipinski definition) is 1. The molecule has 0 saturated carbocycles. The molecule has 6 rings (SSSR count). The number of aromatic hydroxyl groups is 1. The molecule has 2 saturated heterocycles. The molecule has 4 heterocycles. The zero-order valence-electron chi connectivity index (χ0n) is 24.8. The van der Waals surface area contributed by atoms with Gasteiger partial charge in [0.1, 0.15) is 35.2 Å². The number of likely N-dealkylation sites (N-methyl/N-ethyl adjacent to an activating group) is 1. The molecule has 2 aromatic carbocycles. The van der Waals surface area contributed by atoms with Crippen molar-refractivity contribution in [3.8, 4) is 35.4 Å². The molecule has 4 aromatic rings. The number of hydrogen-bond acceptors (Lipinski definition) is 8. The van der Waals surface area contributed by atoms with E-state index in [1.165, 1.54) is 30.5 Å². The molecule has 2 aliphatic rings. The highest BCUT2D eigenvalue weighted by atomic mass is 19.1. The van der Waals surface area contributed by atoms with Gasteiger partial charge in [-0.3, -0.25) is 14.7 Å². The first-order chi connectivity index (χ1) is 21.3. The van der Waals surface area contributed by atoms with Crippen LogP contribution in [-0.4, -0.2) is 88.2 Å². The van der Waals surface area contributed by atoms with Crippen molar-refractivity contribution in [2.45, 2.75) is 38.1 Å². The summed E-state index contributed by atoms with van der Waals surface area (Å²) in [6.45, 7) is 5.40. The number of aromatic nitrogens is 3. The van der Waals surface area contributed by atoms with Crippen LogP contribution in [0.2, 0.25) is 0 Å². The first-order valence-electron chi connectivity index (χ1n) is 14.9. The van der Waals surface area contributed by atoms with Gasteiger partial charge in [0.15, 0.2) is 5.82 Å². The molecular weight excluding hydrogens is 566 g/mol. The van der Waals surface area contributed by atoms with Crippen LogP contribution >= 0.6 is 0 Å². The fourth-order valence-electron chi connectivity index (χ4n) is 6.61. The fourth-order valence-corrected chi connectivity index (χ4v) is 6.61. The third kappa shape index (κ3) is 5.13. The second kappa shape index (κ2) is 11.8. The lowest BCUT2D eigenvalue weighted by Gasteiger charge is -2.36. The molecule has 228 valence electrons. The third-order valence-electron chi connectivity index (χ3n) is 8.99. The van der Waals surface area contributed by atoms with Gasteiger partial charge in [0.25, 0.3) is 0 Å². The fraction of sp³-hybridized carbons (Fsp3) is 0.394. The lowest BCUT2D eigenvalue weighted by atomic mass is 9.92.